The maximum atomic E-state index is 13.2. The van der Waals surface area contributed by atoms with E-state index in [4.69, 9.17) is 9.47 Å². The molecule has 0 aliphatic carbocycles. The molecule has 0 bridgehead atoms. The molecule has 0 spiro atoms. The Labute approximate surface area is 170 Å². The van der Waals surface area contributed by atoms with Gasteiger partial charge in [0.05, 0.1) is 24.5 Å². The number of likely N-dealkylation sites (tertiary alicyclic amines) is 1. The molecule has 1 aromatic carbocycles. The summed E-state index contributed by atoms with van der Waals surface area (Å²) in [7, 11) is 0. The summed E-state index contributed by atoms with van der Waals surface area (Å²) in [4.78, 5) is 31.6. The number of piperidine rings is 1. The number of para-hydroxylation sites is 1. The number of aromatic nitrogens is 1. The highest BCUT2D eigenvalue weighted by Crippen LogP contribution is 2.28. The molecule has 2 aromatic rings. The van der Waals surface area contributed by atoms with Crippen LogP contribution in [0.25, 0.3) is 0 Å². The number of nitrogens with one attached hydrogen (secondary N) is 1. The number of hydrogen-bond acceptors (Lipinski definition) is 5. The Hall–Kier alpha value is -2.77. The summed E-state index contributed by atoms with van der Waals surface area (Å²) in [6.07, 6.45) is 4.70. The smallest absolute Gasteiger partial charge is 0.255 e. The number of benzene rings is 1. The Morgan fingerprint density at radius 3 is 2.45 bits per heavy atom. The summed E-state index contributed by atoms with van der Waals surface area (Å²) in [5.41, 5.74) is 2.42. The summed E-state index contributed by atoms with van der Waals surface area (Å²) in [5.74, 6) is 0.000323. The maximum Gasteiger partial charge on any atom is 0.255 e. The molecular weight excluding hydrogens is 370 g/mol. The molecule has 2 saturated heterocycles. The van der Waals surface area contributed by atoms with Gasteiger partial charge in [-0.25, -0.2) is 0 Å². The summed E-state index contributed by atoms with van der Waals surface area (Å²) >= 11 is 0. The van der Waals surface area contributed by atoms with Gasteiger partial charge in [0.15, 0.2) is 6.29 Å². The van der Waals surface area contributed by atoms with Crippen LogP contribution < -0.4 is 5.32 Å². The third kappa shape index (κ3) is 4.31. The molecule has 1 aromatic heterocycles. The minimum Gasteiger partial charge on any atom is -0.350 e. The molecule has 2 fully saturated rings. The van der Waals surface area contributed by atoms with E-state index in [1.807, 2.05) is 24.0 Å². The van der Waals surface area contributed by atoms with Gasteiger partial charge in [-0.15, -0.1) is 0 Å². The molecule has 1 N–H and O–H groups in total. The molecule has 0 saturated carbocycles. The van der Waals surface area contributed by atoms with Crippen LogP contribution in [0.2, 0.25) is 0 Å². The predicted octanol–water partition coefficient (Wildman–Crippen LogP) is 2.87. The predicted molar refractivity (Wildman–Crippen MR) is 108 cm³/mol. The highest BCUT2D eigenvalue weighted by atomic mass is 16.7. The average Bonchev–Trinajstić information content (AvgIpc) is 3.30. The third-order valence-electron chi connectivity index (χ3n) is 5.54. The lowest BCUT2D eigenvalue weighted by molar-refractivity contribution is -0.0956. The molecule has 2 aliphatic heterocycles. The number of aryl methyl sites for hydroxylation is 1. The van der Waals surface area contributed by atoms with Gasteiger partial charge in [0, 0.05) is 37.0 Å². The second-order valence-electron chi connectivity index (χ2n) is 7.43. The van der Waals surface area contributed by atoms with E-state index in [-0.39, 0.29) is 18.1 Å². The van der Waals surface area contributed by atoms with E-state index in [0.29, 0.717) is 49.0 Å². The van der Waals surface area contributed by atoms with Crippen molar-refractivity contribution in [2.75, 3.05) is 31.6 Å². The molecule has 0 radical (unpaired) electrons. The lowest BCUT2D eigenvalue weighted by Gasteiger charge is -2.34. The zero-order valence-electron chi connectivity index (χ0n) is 16.5. The largest absolute Gasteiger partial charge is 0.350 e. The van der Waals surface area contributed by atoms with E-state index in [1.165, 1.54) is 0 Å². The van der Waals surface area contributed by atoms with Crippen molar-refractivity contribution in [3.05, 3.63) is 59.4 Å². The van der Waals surface area contributed by atoms with Crippen LogP contribution in [0.15, 0.2) is 42.7 Å². The van der Waals surface area contributed by atoms with Gasteiger partial charge in [-0.2, -0.15) is 0 Å². The second-order valence-corrected chi connectivity index (χ2v) is 7.43. The van der Waals surface area contributed by atoms with Crippen LogP contribution in [-0.2, 0) is 9.47 Å². The van der Waals surface area contributed by atoms with E-state index >= 15 is 0 Å². The van der Waals surface area contributed by atoms with E-state index < -0.39 is 0 Å². The van der Waals surface area contributed by atoms with Gasteiger partial charge >= 0.3 is 0 Å². The molecule has 0 atom stereocenters. The summed E-state index contributed by atoms with van der Waals surface area (Å²) < 4.78 is 11.2. The Kier molecular flexibility index (Phi) is 5.87. The van der Waals surface area contributed by atoms with Crippen molar-refractivity contribution in [1.29, 1.82) is 0 Å². The highest BCUT2D eigenvalue weighted by Gasteiger charge is 2.32. The van der Waals surface area contributed by atoms with Gasteiger partial charge in [0.2, 0.25) is 0 Å². The fourth-order valence-corrected chi connectivity index (χ4v) is 3.89. The number of rotatable bonds is 4. The quantitative estimate of drug-likeness (QED) is 0.861. The zero-order valence-corrected chi connectivity index (χ0v) is 16.5. The SMILES string of the molecule is Cc1cccc(C(=O)N2CCC(C3OCCO3)CC2)c1NC(=O)c1ccncc1. The van der Waals surface area contributed by atoms with E-state index in [2.05, 4.69) is 10.3 Å². The Morgan fingerprint density at radius 2 is 1.76 bits per heavy atom. The normalized spacial score (nSPS) is 18.0. The van der Waals surface area contributed by atoms with Crippen LogP contribution >= 0.6 is 0 Å². The topological polar surface area (TPSA) is 80.8 Å². The number of ether oxygens (including phenoxy) is 2. The van der Waals surface area contributed by atoms with Crippen LogP contribution in [0.3, 0.4) is 0 Å². The number of pyridine rings is 1. The van der Waals surface area contributed by atoms with Crippen molar-refractivity contribution in [2.24, 2.45) is 5.92 Å². The highest BCUT2D eigenvalue weighted by molar-refractivity contribution is 6.09. The zero-order chi connectivity index (χ0) is 20.2. The number of carbonyl (C=O) groups is 2. The van der Waals surface area contributed by atoms with Crippen molar-refractivity contribution in [2.45, 2.75) is 26.1 Å². The van der Waals surface area contributed by atoms with Crippen LogP contribution in [0.1, 0.15) is 39.1 Å². The van der Waals surface area contributed by atoms with Gasteiger partial charge < -0.3 is 19.7 Å². The molecule has 0 unspecified atom stereocenters. The number of carbonyl (C=O) groups excluding carboxylic acids is 2. The fourth-order valence-electron chi connectivity index (χ4n) is 3.89. The Balaban J connectivity index is 1.47. The first-order valence-electron chi connectivity index (χ1n) is 9.97. The number of nitrogens with zero attached hydrogens (tertiary/aromatic N) is 2. The standard InChI is InChI=1S/C22H25N3O4/c1-15-3-2-4-18(19(15)24-20(26)16-5-9-23-10-6-16)21(27)25-11-7-17(8-12-25)22-28-13-14-29-22/h2-6,9-10,17,22H,7-8,11-14H2,1H3,(H,24,26). The number of amides is 2. The molecular formula is C22H25N3O4. The first-order valence-corrected chi connectivity index (χ1v) is 9.97. The van der Waals surface area contributed by atoms with Gasteiger partial charge in [-0.05, 0) is 43.5 Å². The molecule has 29 heavy (non-hydrogen) atoms. The molecule has 3 heterocycles. The van der Waals surface area contributed by atoms with E-state index in [9.17, 15) is 9.59 Å². The summed E-state index contributed by atoms with van der Waals surface area (Å²) in [6.45, 7) is 4.48. The first-order chi connectivity index (χ1) is 14.1. The van der Waals surface area contributed by atoms with E-state index in [0.717, 1.165) is 18.4 Å². The van der Waals surface area contributed by atoms with Crippen molar-refractivity contribution >= 4 is 17.5 Å². The van der Waals surface area contributed by atoms with Gasteiger partial charge in [-0.1, -0.05) is 12.1 Å². The lowest BCUT2D eigenvalue weighted by atomic mass is 9.95. The number of anilines is 1. The van der Waals surface area contributed by atoms with Crippen LogP contribution in [0.4, 0.5) is 5.69 Å². The summed E-state index contributed by atoms with van der Waals surface area (Å²) in [5, 5.41) is 2.91. The van der Waals surface area contributed by atoms with Crippen molar-refractivity contribution in [1.82, 2.24) is 9.88 Å². The van der Waals surface area contributed by atoms with Crippen molar-refractivity contribution in [3.63, 3.8) is 0 Å². The van der Waals surface area contributed by atoms with E-state index in [1.54, 1.807) is 30.6 Å². The molecule has 2 amide bonds. The first kappa shape index (κ1) is 19.5. The van der Waals surface area contributed by atoms with Crippen molar-refractivity contribution < 1.29 is 19.1 Å². The fraction of sp³-hybridized carbons (Fsp3) is 0.409. The van der Waals surface area contributed by atoms with Gasteiger partial charge in [0.1, 0.15) is 0 Å². The summed E-state index contributed by atoms with van der Waals surface area (Å²) in [6, 6.07) is 8.80. The number of hydrogen-bond donors (Lipinski definition) is 1. The van der Waals surface area contributed by atoms with Gasteiger partial charge in [0.25, 0.3) is 11.8 Å². The van der Waals surface area contributed by atoms with Crippen LogP contribution in [0.5, 0.6) is 0 Å². The molecule has 2 aliphatic rings. The monoisotopic (exact) mass is 395 g/mol. The van der Waals surface area contributed by atoms with Gasteiger partial charge in [-0.3, -0.25) is 14.6 Å². The average molecular weight is 395 g/mol. The Morgan fingerprint density at radius 1 is 1.07 bits per heavy atom. The molecule has 7 heteroatoms. The minimum absolute atomic E-state index is 0.0644. The second kappa shape index (κ2) is 8.71. The van der Waals surface area contributed by atoms with Crippen LogP contribution in [-0.4, -0.2) is 54.3 Å². The lowest BCUT2D eigenvalue weighted by Crippen LogP contribution is -2.41. The third-order valence-corrected chi connectivity index (χ3v) is 5.54. The maximum absolute atomic E-state index is 13.2. The molecule has 7 nitrogen and oxygen atoms in total. The van der Waals surface area contributed by atoms with Crippen molar-refractivity contribution in [3.8, 4) is 0 Å². The molecule has 4 rings (SSSR count). The van der Waals surface area contributed by atoms with Crippen LogP contribution in [0, 0.1) is 12.8 Å². The molecule has 152 valence electrons. The minimum atomic E-state index is -0.259. The Bertz CT molecular complexity index is 873.